The minimum Gasteiger partial charge on any atom is -0.493 e. The van der Waals surface area contributed by atoms with Crippen molar-refractivity contribution in [3.8, 4) is 5.75 Å². The first-order valence-electron chi connectivity index (χ1n) is 6.25. The molecule has 0 aliphatic heterocycles. The lowest BCUT2D eigenvalue weighted by Crippen LogP contribution is -2.14. The molecule has 1 aromatic rings. The van der Waals surface area contributed by atoms with Gasteiger partial charge in [0.25, 0.3) is 0 Å². The van der Waals surface area contributed by atoms with Crippen LogP contribution < -0.4 is 10.1 Å². The monoisotopic (exact) mass is 255 g/mol. The molecule has 0 saturated carbocycles. The Morgan fingerprint density at radius 1 is 1.29 bits per heavy atom. The van der Waals surface area contributed by atoms with E-state index < -0.39 is 0 Å². The fraction of sp³-hybridized carbons (Fsp3) is 0.571. The van der Waals surface area contributed by atoms with E-state index in [1.165, 1.54) is 5.56 Å². The lowest BCUT2D eigenvalue weighted by molar-refractivity contribution is 0.330. The Bertz CT molecular complexity index is 363. The Balaban J connectivity index is 3.14. The van der Waals surface area contributed by atoms with Gasteiger partial charge in [-0.1, -0.05) is 32.4 Å². The molecule has 0 amide bonds. The molecule has 0 unspecified atom stereocenters. The fourth-order valence-electron chi connectivity index (χ4n) is 1.81. The standard InChI is InChI=1S/C14H22ClNO/c1-5-16-9-11-7-12(15)8-13(10(3)4)14(11)17-6-2/h7-8,10,16H,5-6,9H2,1-4H3. The molecular formula is C14H22ClNO. The second-order valence-corrected chi connectivity index (χ2v) is 4.79. The summed E-state index contributed by atoms with van der Waals surface area (Å²) in [5, 5.41) is 4.10. The van der Waals surface area contributed by atoms with Crippen LogP contribution in [0.3, 0.4) is 0 Å². The first kappa shape index (κ1) is 14.3. The van der Waals surface area contributed by atoms with Crippen LogP contribution in [0.4, 0.5) is 0 Å². The third kappa shape index (κ3) is 3.90. The molecule has 2 nitrogen and oxygen atoms in total. The zero-order valence-electron chi connectivity index (χ0n) is 11.1. The van der Waals surface area contributed by atoms with Gasteiger partial charge in [-0.3, -0.25) is 0 Å². The Kier molecular flexibility index (Phi) is 5.79. The van der Waals surface area contributed by atoms with Gasteiger partial charge in [0.15, 0.2) is 0 Å². The predicted molar refractivity (Wildman–Crippen MR) is 74.1 cm³/mol. The van der Waals surface area contributed by atoms with Crippen LogP contribution in [0.1, 0.15) is 44.7 Å². The quantitative estimate of drug-likeness (QED) is 0.831. The first-order valence-corrected chi connectivity index (χ1v) is 6.63. The van der Waals surface area contributed by atoms with E-state index >= 15 is 0 Å². The Morgan fingerprint density at radius 3 is 2.53 bits per heavy atom. The van der Waals surface area contributed by atoms with E-state index in [1.807, 2.05) is 19.1 Å². The molecule has 0 spiro atoms. The van der Waals surface area contributed by atoms with Gasteiger partial charge in [-0.2, -0.15) is 0 Å². The van der Waals surface area contributed by atoms with Crippen molar-refractivity contribution >= 4 is 11.6 Å². The zero-order valence-corrected chi connectivity index (χ0v) is 11.9. The summed E-state index contributed by atoms with van der Waals surface area (Å²) in [5.41, 5.74) is 2.33. The van der Waals surface area contributed by atoms with Gasteiger partial charge in [0.05, 0.1) is 6.61 Å². The predicted octanol–water partition coefficient (Wildman–Crippen LogP) is 3.97. The lowest BCUT2D eigenvalue weighted by atomic mass is 9.99. The number of hydrogen-bond acceptors (Lipinski definition) is 2. The number of halogens is 1. The van der Waals surface area contributed by atoms with Crippen molar-refractivity contribution in [2.75, 3.05) is 13.2 Å². The summed E-state index contributed by atoms with van der Waals surface area (Å²) in [6.07, 6.45) is 0. The average molecular weight is 256 g/mol. The lowest BCUT2D eigenvalue weighted by Gasteiger charge is -2.18. The van der Waals surface area contributed by atoms with E-state index in [1.54, 1.807) is 0 Å². The van der Waals surface area contributed by atoms with Crippen molar-refractivity contribution in [1.29, 1.82) is 0 Å². The average Bonchev–Trinajstić information content (AvgIpc) is 2.28. The van der Waals surface area contributed by atoms with Gasteiger partial charge in [0.2, 0.25) is 0 Å². The van der Waals surface area contributed by atoms with E-state index in [0.29, 0.717) is 12.5 Å². The summed E-state index contributed by atoms with van der Waals surface area (Å²) >= 11 is 6.16. The maximum atomic E-state index is 6.16. The Morgan fingerprint density at radius 2 is 2.00 bits per heavy atom. The number of ether oxygens (including phenoxy) is 1. The van der Waals surface area contributed by atoms with Crippen LogP contribution in [0.5, 0.6) is 5.75 Å². The molecule has 1 aromatic carbocycles. The van der Waals surface area contributed by atoms with Crippen molar-refractivity contribution in [3.63, 3.8) is 0 Å². The van der Waals surface area contributed by atoms with Crippen molar-refractivity contribution < 1.29 is 4.74 Å². The first-order chi connectivity index (χ1) is 8.10. The fourth-order valence-corrected chi connectivity index (χ4v) is 2.06. The number of nitrogens with one attached hydrogen (secondary N) is 1. The van der Waals surface area contributed by atoms with Gasteiger partial charge in [-0.05, 0) is 37.1 Å². The molecule has 0 saturated heterocycles. The summed E-state index contributed by atoms with van der Waals surface area (Å²) in [6.45, 7) is 10.8. The van der Waals surface area contributed by atoms with E-state index in [0.717, 1.165) is 29.4 Å². The molecule has 1 N–H and O–H groups in total. The number of hydrogen-bond donors (Lipinski definition) is 1. The molecule has 0 heterocycles. The van der Waals surface area contributed by atoms with E-state index in [9.17, 15) is 0 Å². The van der Waals surface area contributed by atoms with E-state index in [-0.39, 0.29) is 0 Å². The number of rotatable bonds is 6. The second-order valence-electron chi connectivity index (χ2n) is 4.35. The summed E-state index contributed by atoms with van der Waals surface area (Å²) in [7, 11) is 0. The molecule has 0 atom stereocenters. The van der Waals surface area contributed by atoms with Crippen molar-refractivity contribution in [2.45, 2.75) is 40.2 Å². The van der Waals surface area contributed by atoms with Gasteiger partial charge in [0, 0.05) is 17.1 Å². The molecule has 17 heavy (non-hydrogen) atoms. The third-order valence-electron chi connectivity index (χ3n) is 2.64. The largest absolute Gasteiger partial charge is 0.493 e. The van der Waals surface area contributed by atoms with E-state index in [4.69, 9.17) is 16.3 Å². The van der Waals surface area contributed by atoms with Crippen molar-refractivity contribution in [3.05, 3.63) is 28.3 Å². The summed E-state index contributed by atoms with van der Waals surface area (Å²) in [4.78, 5) is 0. The smallest absolute Gasteiger partial charge is 0.127 e. The van der Waals surface area contributed by atoms with Crippen LogP contribution in [-0.2, 0) is 6.54 Å². The van der Waals surface area contributed by atoms with Crippen molar-refractivity contribution in [1.82, 2.24) is 5.32 Å². The zero-order chi connectivity index (χ0) is 12.8. The molecule has 1 rings (SSSR count). The maximum absolute atomic E-state index is 6.16. The van der Waals surface area contributed by atoms with E-state index in [2.05, 4.69) is 26.1 Å². The number of benzene rings is 1. The normalized spacial score (nSPS) is 10.9. The SMILES string of the molecule is CCNCc1cc(Cl)cc(C(C)C)c1OCC. The highest BCUT2D eigenvalue weighted by atomic mass is 35.5. The Labute approximate surface area is 109 Å². The molecular weight excluding hydrogens is 234 g/mol. The highest BCUT2D eigenvalue weighted by Crippen LogP contribution is 2.33. The van der Waals surface area contributed by atoms with Crippen LogP contribution in [-0.4, -0.2) is 13.2 Å². The van der Waals surface area contributed by atoms with Crippen LogP contribution in [0, 0.1) is 0 Å². The van der Waals surface area contributed by atoms with Gasteiger partial charge in [0.1, 0.15) is 5.75 Å². The molecule has 0 aromatic heterocycles. The molecule has 0 aliphatic rings. The minimum absolute atomic E-state index is 0.413. The molecule has 0 fully saturated rings. The molecule has 3 heteroatoms. The second kappa shape index (κ2) is 6.87. The van der Waals surface area contributed by atoms with Crippen molar-refractivity contribution in [2.24, 2.45) is 0 Å². The Hall–Kier alpha value is -0.730. The van der Waals surface area contributed by atoms with Gasteiger partial charge < -0.3 is 10.1 Å². The van der Waals surface area contributed by atoms with Crippen LogP contribution in [0.2, 0.25) is 5.02 Å². The maximum Gasteiger partial charge on any atom is 0.127 e. The topological polar surface area (TPSA) is 21.3 Å². The van der Waals surface area contributed by atoms with Gasteiger partial charge in [-0.25, -0.2) is 0 Å². The molecule has 0 bridgehead atoms. The van der Waals surface area contributed by atoms with Crippen LogP contribution in [0.25, 0.3) is 0 Å². The summed E-state index contributed by atoms with van der Waals surface area (Å²) in [6, 6.07) is 3.99. The summed E-state index contributed by atoms with van der Waals surface area (Å²) in [5.74, 6) is 1.41. The summed E-state index contributed by atoms with van der Waals surface area (Å²) < 4.78 is 5.78. The van der Waals surface area contributed by atoms with Gasteiger partial charge in [-0.15, -0.1) is 0 Å². The molecule has 96 valence electrons. The minimum atomic E-state index is 0.413. The van der Waals surface area contributed by atoms with Crippen LogP contribution in [0.15, 0.2) is 12.1 Å². The molecule has 0 aliphatic carbocycles. The molecule has 0 radical (unpaired) electrons. The van der Waals surface area contributed by atoms with Crippen LogP contribution >= 0.6 is 11.6 Å². The third-order valence-corrected chi connectivity index (χ3v) is 2.85. The highest BCUT2D eigenvalue weighted by Gasteiger charge is 2.14. The van der Waals surface area contributed by atoms with Gasteiger partial charge >= 0.3 is 0 Å². The highest BCUT2D eigenvalue weighted by molar-refractivity contribution is 6.30.